The monoisotopic (exact) mass is 351 g/mol. The van der Waals surface area contributed by atoms with Crippen LogP contribution < -0.4 is 5.32 Å². The highest BCUT2D eigenvalue weighted by Gasteiger charge is 2.32. The summed E-state index contributed by atoms with van der Waals surface area (Å²) in [5, 5.41) is 2.69. The SMILES string of the molecule is CCCN1C(=O)N/C(=C/c2cc(C)n(-c3cccc(C)c3C)c2C)C1=O. The summed E-state index contributed by atoms with van der Waals surface area (Å²) in [6.45, 7) is 10.7. The third-order valence-electron chi connectivity index (χ3n) is 5.00. The molecule has 1 aromatic carbocycles. The van der Waals surface area contributed by atoms with Crippen LogP contribution in [0.5, 0.6) is 0 Å². The standard InChI is InChI=1S/C21H25N3O2/c1-6-10-23-20(25)18(22-21(23)26)12-17-11-14(3)24(16(17)5)19-9-7-8-13(2)15(19)4/h7-9,11-12H,6,10H2,1-5H3,(H,22,26)/b18-12+. The summed E-state index contributed by atoms with van der Waals surface area (Å²) in [6.07, 6.45) is 2.52. The van der Waals surface area contributed by atoms with Gasteiger partial charge in [0.05, 0.1) is 0 Å². The summed E-state index contributed by atoms with van der Waals surface area (Å²) < 4.78 is 2.19. The van der Waals surface area contributed by atoms with Crippen LogP contribution >= 0.6 is 0 Å². The van der Waals surface area contributed by atoms with Crippen LogP contribution in [-0.4, -0.2) is 28.0 Å². The maximum atomic E-state index is 12.4. The maximum absolute atomic E-state index is 12.4. The number of carbonyl (C=O) groups excluding carboxylic acids is 2. The fourth-order valence-electron chi connectivity index (χ4n) is 3.44. The van der Waals surface area contributed by atoms with E-state index in [0.29, 0.717) is 12.2 Å². The Labute approximate surface area is 154 Å². The fourth-order valence-corrected chi connectivity index (χ4v) is 3.44. The van der Waals surface area contributed by atoms with Crippen LogP contribution in [0.25, 0.3) is 11.8 Å². The fraction of sp³-hybridized carbons (Fsp3) is 0.333. The van der Waals surface area contributed by atoms with E-state index in [0.717, 1.165) is 29.1 Å². The smallest absolute Gasteiger partial charge is 0.318 e. The van der Waals surface area contributed by atoms with Crippen LogP contribution in [0, 0.1) is 27.7 Å². The van der Waals surface area contributed by atoms with Crippen LogP contribution in [0.3, 0.4) is 0 Å². The Morgan fingerprint density at radius 3 is 2.54 bits per heavy atom. The minimum absolute atomic E-state index is 0.256. The maximum Gasteiger partial charge on any atom is 0.329 e. The van der Waals surface area contributed by atoms with Crippen molar-refractivity contribution in [2.75, 3.05) is 6.54 Å². The Kier molecular flexibility index (Phi) is 4.72. The van der Waals surface area contributed by atoms with Gasteiger partial charge in [0.1, 0.15) is 5.70 Å². The van der Waals surface area contributed by atoms with Gasteiger partial charge in [0.25, 0.3) is 5.91 Å². The number of imide groups is 1. The van der Waals surface area contributed by atoms with Gasteiger partial charge in [-0.1, -0.05) is 19.1 Å². The van der Waals surface area contributed by atoms with Crippen LogP contribution in [0.4, 0.5) is 4.79 Å². The number of hydrogen-bond acceptors (Lipinski definition) is 2. The molecule has 0 aliphatic carbocycles. The molecule has 1 N–H and O–H groups in total. The Morgan fingerprint density at radius 2 is 1.85 bits per heavy atom. The van der Waals surface area contributed by atoms with Crippen molar-refractivity contribution >= 4 is 18.0 Å². The van der Waals surface area contributed by atoms with E-state index in [-0.39, 0.29) is 11.9 Å². The number of urea groups is 1. The Morgan fingerprint density at radius 1 is 1.12 bits per heavy atom. The molecule has 3 rings (SSSR count). The first-order valence-electron chi connectivity index (χ1n) is 8.95. The van der Waals surface area contributed by atoms with E-state index >= 15 is 0 Å². The van der Waals surface area contributed by atoms with E-state index in [9.17, 15) is 9.59 Å². The number of carbonyl (C=O) groups is 2. The number of aryl methyl sites for hydroxylation is 2. The molecule has 5 nitrogen and oxygen atoms in total. The molecular weight excluding hydrogens is 326 g/mol. The summed E-state index contributed by atoms with van der Waals surface area (Å²) in [7, 11) is 0. The lowest BCUT2D eigenvalue weighted by molar-refractivity contribution is -0.122. The molecule has 0 bridgehead atoms. The lowest BCUT2D eigenvalue weighted by atomic mass is 10.1. The number of rotatable bonds is 4. The van der Waals surface area contributed by atoms with Crippen molar-refractivity contribution < 1.29 is 9.59 Å². The van der Waals surface area contributed by atoms with Gasteiger partial charge in [-0.25, -0.2) is 4.79 Å². The highest BCUT2D eigenvalue weighted by Crippen LogP contribution is 2.26. The molecular formula is C21H25N3O2. The Balaban J connectivity index is 2.03. The van der Waals surface area contributed by atoms with Crippen LogP contribution in [-0.2, 0) is 4.79 Å². The first kappa shape index (κ1) is 18.0. The largest absolute Gasteiger partial charge is 0.329 e. The average molecular weight is 351 g/mol. The predicted molar refractivity (Wildman–Crippen MR) is 103 cm³/mol. The quantitative estimate of drug-likeness (QED) is 0.668. The molecule has 1 saturated heterocycles. The number of amides is 3. The summed E-state index contributed by atoms with van der Waals surface area (Å²) in [5.74, 6) is -0.256. The van der Waals surface area contributed by atoms with Crippen molar-refractivity contribution in [2.24, 2.45) is 0 Å². The Hall–Kier alpha value is -2.82. The second-order valence-electron chi connectivity index (χ2n) is 6.83. The normalized spacial score (nSPS) is 15.9. The van der Waals surface area contributed by atoms with Crippen LogP contribution in [0.1, 0.15) is 41.4 Å². The van der Waals surface area contributed by atoms with Crippen molar-refractivity contribution in [2.45, 2.75) is 41.0 Å². The molecule has 1 fully saturated rings. The molecule has 1 aliphatic rings. The van der Waals surface area contributed by atoms with Gasteiger partial charge in [-0.15, -0.1) is 0 Å². The molecule has 1 aromatic heterocycles. The van der Waals surface area contributed by atoms with Crippen molar-refractivity contribution in [1.82, 2.24) is 14.8 Å². The van der Waals surface area contributed by atoms with Gasteiger partial charge in [0.2, 0.25) is 0 Å². The lowest BCUT2D eigenvalue weighted by Gasteiger charge is -2.14. The summed E-state index contributed by atoms with van der Waals surface area (Å²) in [4.78, 5) is 25.7. The van der Waals surface area contributed by atoms with Gasteiger partial charge in [0.15, 0.2) is 0 Å². The predicted octanol–water partition coefficient (Wildman–Crippen LogP) is 4.01. The van der Waals surface area contributed by atoms with E-state index in [1.54, 1.807) is 6.08 Å². The zero-order chi connectivity index (χ0) is 19.0. The van der Waals surface area contributed by atoms with E-state index in [2.05, 4.69) is 48.9 Å². The van der Waals surface area contributed by atoms with Gasteiger partial charge >= 0.3 is 6.03 Å². The topological polar surface area (TPSA) is 54.3 Å². The molecule has 0 radical (unpaired) electrons. The molecule has 5 heteroatoms. The first-order chi connectivity index (χ1) is 12.3. The van der Waals surface area contributed by atoms with Crippen molar-refractivity contribution in [3.63, 3.8) is 0 Å². The van der Waals surface area contributed by atoms with Gasteiger partial charge in [-0.2, -0.15) is 0 Å². The van der Waals surface area contributed by atoms with E-state index in [1.807, 2.05) is 19.9 Å². The summed E-state index contributed by atoms with van der Waals surface area (Å²) in [5.41, 5.74) is 7.01. The van der Waals surface area contributed by atoms with Crippen molar-refractivity contribution in [3.8, 4) is 5.69 Å². The van der Waals surface area contributed by atoms with E-state index in [4.69, 9.17) is 0 Å². The van der Waals surface area contributed by atoms with Crippen LogP contribution in [0.2, 0.25) is 0 Å². The summed E-state index contributed by atoms with van der Waals surface area (Å²) in [6, 6.07) is 7.96. The van der Waals surface area contributed by atoms with Crippen molar-refractivity contribution in [1.29, 1.82) is 0 Å². The van der Waals surface area contributed by atoms with Gasteiger partial charge < -0.3 is 9.88 Å². The van der Waals surface area contributed by atoms with Crippen LogP contribution in [0.15, 0.2) is 30.0 Å². The summed E-state index contributed by atoms with van der Waals surface area (Å²) >= 11 is 0. The van der Waals surface area contributed by atoms with Crippen molar-refractivity contribution in [3.05, 3.63) is 58.0 Å². The highest BCUT2D eigenvalue weighted by atomic mass is 16.2. The molecule has 0 unspecified atom stereocenters. The van der Waals surface area contributed by atoms with Gasteiger partial charge in [-0.3, -0.25) is 9.69 Å². The molecule has 3 amide bonds. The van der Waals surface area contributed by atoms with Gasteiger partial charge in [-0.05, 0) is 69.0 Å². The second-order valence-corrected chi connectivity index (χ2v) is 6.83. The minimum Gasteiger partial charge on any atom is -0.318 e. The number of benzene rings is 1. The molecule has 2 heterocycles. The molecule has 2 aromatic rings. The number of nitrogens with zero attached hydrogens (tertiary/aromatic N) is 2. The lowest BCUT2D eigenvalue weighted by Crippen LogP contribution is -2.31. The number of nitrogens with one attached hydrogen (secondary N) is 1. The molecule has 0 saturated carbocycles. The zero-order valence-corrected chi connectivity index (χ0v) is 16.0. The van der Waals surface area contributed by atoms with Gasteiger partial charge in [0, 0.05) is 23.6 Å². The highest BCUT2D eigenvalue weighted by molar-refractivity contribution is 6.14. The van der Waals surface area contributed by atoms with E-state index in [1.165, 1.54) is 16.0 Å². The number of aromatic nitrogens is 1. The third-order valence-corrected chi connectivity index (χ3v) is 5.00. The molecule has 136 valence electrons. The minimum atomic E-state index is -0.341. The molecule has 1 aliphatic heterocycles. The van der Waals surface area contributed by atoms with E-state index < -0.39 is 0 Å². The average Bonchev–Trinajstić information content (AvgIpc) is 3.01. The third kappa shape index (κ3) is 2.94. The molecule has 26 heavy (non-hydrogen) atoms. The molecule has 0 spiro atoms. The number of hydrogen-bond donors (Lipinski definition) is 1. The first-order valence-corrected chi connectivity index (χ1v) is 8.95. The second kappa shape index (κ2) is 6.83. The Bertz CT molecular complexity index is 922. The zero-order valence-electron chi connectivity index (χ0n) is 16.0. The molecule has 0 atom stereocenters.